The molecule has 2 nitrogen and oxygen atoms in total. The molecule has 1 saturated heterocycles. The second-order valence-corrected chi connectivity index (χ2v) is 2.86. The maximum atomic E-state index is 3.33. The summed E-state index contributed by atoms with van der Waals surface area (Å²) >= 11 is 0. The highest BCUT2D eigenvalue weighted by Crippen LogP contribution is 2.07. The average molecular weight is 128 g/mol. The number of nitrogens with one attached hydrogen (secondary N) is 1. The molecule has 2 heteroatoms. The van der Waals surface area contributed by atoms with Crippen LogP contribution in [0.3, 0.4) is 0 Å². The molecule has 1 aliphatic rings. The van der Waals surface area contributed by atoms with Gasteiger partial charge in [-0.1, -0.05) is 6.42 Å². The zero-order valence-electron chi connectivity index (χ0n) is 6.35. The fraction of sp³-hybridized carbons (Fsp3) is 1.00. The molecule has 0 aromatic heterocycles. The molecule has 0 radical (unpaired) electrons. The minimum Gasteiger partial charge on any atom is -0.255 e. The van der Waals surface area contributed by atoms with Crippen LogP contribution < -0.4 is 5.43 Å². The summed E-state index contributed by atoms with van der Waals surface area (Å²) in [6.07, 6.45) is 4.04. The van der Waals surface area contributed by atoms with Crippen molar-refractivity contribution in [1.82, 2.24) is 10.4 Å². The van der Waals surface area contributed by atoms with Crippen molar-refractivity contribution in [2.45, 2.75) is 32.2 Å². The van der Waals surface area contributed by atoms with E-state index in [0.717, 1.165) is 6.54 Å². The van der Waals surface area contributed by atoms with Gasteiger partial charge in [0.15, 0.2) is 0 Å². The van der Waals surface area contributed by atoms with Gasteiger partial charge in [-0.3, -0.25) is 5.43 Å². The lowest BCUT2D eigenvalue weighted by molar-refractivity contribution is 0.186. The van der Waals surface area contributed by atoms with Gasteiger partial charge in [-0.2, -0.15) is 0 Å². The Morgan fingerprint density at radius 2 is 2.22 bits per heavy atom. The number of hydrogen-bond acceptors (Lipinski definition) is 2. The zero-order chi connectivity index (χ0) is 6.69. The number of rotatable bonds is 0. The maximum Gasteiger partial charge on any atom is 0.0212 e. The number of hydrogen-bond donors (Lipinski definition) is 1. The van der Waals surface area contributed by atoms with Crippen molar-refractivity contribution in [2.24, 2.45) is 0 Å². The van der Waals surface area contributed by atoms with Crippen LogP contribution in [0.2, 0.25) is 0 Å². The van der Waals surface area contributed by atoms with Crippen LogP contribution >= 0.6 is 0 Å². The Kier molecular flexibility index (Phi) is 2.49. The van der Waals surface area contributed by atoms with E-state index in [1.54, 1.807) is 0 Å². The second kappa shape index (κ2) is 3.18. The summed E-state index contributed by atoms with van der Waals surface area (Å²) in [6.45, 7) is 3.42. The van der Waals surface area contributed by atoms with Crippen molar-refractivity contribution in [1.29, 1.82) is 0 Å². The molecule has 0 bridgehead atoms. The number of nitrogens with zero attached hydrogens (tertiary/aromatic N) is 1. The van der Waals surface area contributed by atoms with Gasteiger partial charge in [0.05, 0.1) is 0 Å². The molecular formula is C7H16N2. The SMILES string of the molecule is CC1CCCCNN1C. The van der Waals surface area contributed by atoms with Crippen molar-refractivity contribution in [2.75, 3.05) is 13.6 Å². The van der Waals surface area contributed by atoms with Gasteiger partial charge in [-0.25, -0.2) is 5.01 Å². The molecule has 1 heterocycles. The van der Waals surface area contributed by atoms with Crippen molar-refractivity contribution < 1.29 is 0 Å². The topological polar surface area (TPSA) is 15.3 Å². The van der Waals surface area contributed by atoms with E-state index in [0.29, 0.717) is 6.04 Å². The van der Waals surface area contributed by atoms with Crippen LogP contribution in [-0.4, -0.2) is 24.6 Å². The molecule has 0 saturated carbocycles. The average Bonchev–Trinajstić information content (AvgIpc) is 1.99. The van der Waals surface area contributed by atoms with E-state index in [1.165, 1.54) is 19.3 Å². The van der Waals surface area contributed by atoms with Crippen LogP contribution in [0.4, 0.5) is 0 Å². The van der Waals surface area contributed by atoms with E-state index < -0.39 is 0 Å². The van der Waals surface area contributed by atoms with Gasteiger partial charge >= 0.3 is 0 Å². The molecule has 0 aliphatic carbocycles. The monoisotopic (exact) mass is 128 g/mol. The zero-order valence-corrected chi connectivity index (χ0v) is 6.35. The summed E-state index contributed by atoms with van der Waals surface area (Å²) in [5, 5.41) is 2.22. The van der Waals surface area contributed by atoms with E-state index in [9.17, 15) is 0 Å². The summed E-state index contributed by atoms with van der Waals surface area (Å²) in [6, 6.07) is 0.715. The first-order chi connectivity index (χ1) is 4.30. The fourth-order valence-corrected chi connectivity index (χ4v) is 1.17. The van der Waals surface area contributed by atoms with E-state index >= 15 is 0 Å². The Labute approximate surface area is 57.2 Å². The summed E-state index contributed by atoms with van der Waals surface area (Å²) < 4.78 is 0. The molecule has 0 aromatic rings. The summed E-state index contributed by atoms with van der Waals surface area (Å²) in [5.74, 6) is 0. The minimum atomic E-state index is 0.715. The summed E-state index contributed by atoms with van der Waals surface area (Å²) in [5.41, 5.74) is 3.33. The normalized spacial score (nSPS) is 32.0. The molecule has 0 spiro atoms. The van der Waals surface area contributed by atoms with Crippen LogP contribution in [0.1, 0.15) is 26.2 Å². The quantitative estimate of drug-likeness (QED) is 0.523. The van der Waals surface area contributed by atoms with Gasteiger partial charge in [0, 0.05) is 19.6 Å². The van der Waals surface area contributed by atoms with Gasteiger partial charge in [0.2, 0.25) is 0 Å². The molecule has 0 aromatic carbocycles. The Balaban J connectivity index is 2.32. The molecule has 0 amide bonds. The lowest BCUT2D eigenvalue weighted by Gasteiger charge is -2.21. The molecule has 9 heavy (non-hydrogen) atoms. The lowest BCUT2D eigenvalue weighted by atomic mass is 10.1. The van der Waals surface area contributed by atoms with Crippen molar-refractivity contribution in [3.05, 3.63) is 0 Å². The van der Waals surface area contributed by atoms with E-state index in [-0.39, 0.29) is 0 Å². The molecule has 1 N–H and O–H groups in total. The predicted molar refractivity (Wildman–Crippen MR) is 39.1 cm³/mol. The third-order valence-corrected chi connectivity index (χ3v) is 2.07. The maximum absolute atomic E-state index is 3.33. The van der Waals surface area contributed by atoms with Crippen molar-refractivity contribution in [3.63, 3.8) is 0 Å². The standard InChI is InChI=1S/C7H16N2/c1-7-5-3-4-6-8-9(7)2/h7-8H,3-6H2,1-2H3. The molecule has 1 fully saturated rings. The van der Waals surface area contributed by atoms with Crippen LogP contribution in [0.15, 0.2) is 0 Å². The number of hydrazine groups is 1. The lowest BCUT2D eigenvalue weighted by Crippen LogP contribution is -2.39. The van der Waals surface area contributed by atoms with E-state index in [1.807, 2.05) is 0 Å². The Morgan fingerprint density at radius 3 is 3.00 bits per heavy atom. The Bertz CT molecular complexity index is 73.0. The van der Waals surface area contributed by atoms with Gasteiger partial charge in [-0.15, -0.1) is 0 Å². The molecular weight excluding hydrogens is 112 g/mol. The smallest absolute Gasteiger partial charge is 0.0212 e. The first-order valence-electron chi connectivity index (χ1n) is 3.77. The predicted octanol–water partition coefficient (Wildman–Crippen LogP) is 0.995. The molecule has 1 rings (SSSR count). The van der Waals surface area contributed by atoms with Crippen molar-refractivity contribution in [3.8, 4) is 0 Å². The third kappa shape index (κ3) is 1.95. The first kappa shape index (κ1) is 7.03. The van der Waals surface area contributed by atoms with Crippen LogP contribution in [0.5, 0.6) is 0 Å². The molecule has 1 aliphatic heterocycles. The highest BCUT2D eigenvalue weighted by atomic mass is 15.5. The van der Waals surface area contributed by atoms with Gasteiger partial charge in [-0.05, 0) is 19.8 Å². The Morgan fingerprint density at radius 1 is 1.44 bits per heavy atom. The van der Waals surface area contributed by atoms with Gasteiger partial charge in [0.25, 0.3) is 0 Å². The highest BCUT2D eigenvalue weighted by Gasteiger charge is 2.10. The minimum absolute atomic E-state index is 0.715. The highest BCUT2D eigenvalue weighted by molar-refractivity contribution is 4.63. The largest absolute Gasteiger partial charge is 0.255 e. The van der Waals surface area contributed by atoms with E-state index in [2.05, 4.69) is 24.4 Å². The van der Waals surface area contributed by atoms with Crippen LogP contribution in [0, 0.1) is 0 Å². The van der Waals surface area contributed by atoms with Crippen LogP contribution in [0.25, 0.3) is 0 Å². The van der Waals surface area contributed by atoms with E-state index in [4.69, 9.17) is 0 Å². The Hall–Kier alpha value is -0.0800. The summed E-state index contributed by atoms with van der Waals surface area (Å²) in [7, 11) is 2.12. The fourth-order valence-electron chi connectivity index (χ4n) is 1.17. The molecule has 54 valence electrons. The third-order valence-electron chi connectivity index (χ3n) is 2.07. The first-order valence-corrected chi connectivity index (χ1v) is 3.77. The second-order valence-electron chi connectivity index (χ2n) is 2.86. The van der Waals surface area contributed by atoms with Crippen molar-refractivity contribution >= 4 is 0 Å². The van der Waals surface area contributed by atoms with Gasteiger partial charge in [0.1, 0.15) is 0 Å². The van der Waals surface area contributed by atoms with Crippen LogP contribution in [-0.2, 0) is 0 Å². The molecule has 1 unspecified atom stereocenters. The summed E-state index contributed by atoms with van der Waals surface area (Å²) in [4.78, 5) is 0. The van der Waals surface area contributed by atoms with Gasteiger partial charge < -0.3 is 0 Å². The molecule has 1 atom stereocenters.